The molecule has 0 bridgehead atoms. The highest BCUT2D eigenvalue weighted by Crippen LogP contribution is 2.49. The summed E-state index contributed by atoms with van der Waals surface area (Å²) in [6.07, 6.45) is 5.31. The number of aliphatic hydroxyl groups is 1. The predicted octanol–water partition coefficient (Wildman–Crippen LogP) is 1.96. The number of hydrogen-bond donors (Lipinski definition) is 1. The van der Waals surface area contributed by atoms with Crippen molar-refractivity contribution in [2.45, 2.75) is 44.6 Å². The standard InChI is InChI=1S/C10H20O2/c1-3-5-9-8-10(9,11)6-4-7-12-2/h9,11H,3-8H2,1-2H3. The molecule has 72 valence electrons. The average Bonchev–Trinajstić information content (AvgIpc) is 2.64. The first-order valence-electron chi connectivity index (χ1n) is 4.94. The minimum atomic E-state index is -0.311. The Bertz CT molecular complexity index is 136. The Morgan fingerprint density at radius 2 is 2.33 bits per heavy atom. The van der Waals surface area contributed by atoms with Crippen LogP contribution in [0.4, 0.5) is 0 Å². The van der Waals surface area contributed by atoms with Crippen LogP contribution < -0.4 is 0 Å². The van der Waals surface area contributed by atoms with Gasteiger partial charge in [0, 0.05) is 13.7 Å². The van der Waals surface area contributed by atoms with Gasteiger partial charge in [0.2, 0.25) is 0 Å². The predicted molar refractivity (Wildman–Crippen MR) is 49.1 cm³/mol. The maximum atomic E-state index is 9.89. The van der Waals surface area contributed by atoms with Gasteiger partial charge in [0.1, 0.15) is 0 Å². The van der Waals surface area contributed by atoms with E-state index in [4.69, 9.17) is 4.74 Å². The summed E-state index contributed by atoms with van der Waals surface area (Å²) in [5, 5.41) is 9.89. The Labute approximate surface area is 74.9 Å². The van der Waals surface area contributed by atoms with Crippen LogP contribution in [0.5, 0.6) is 0 Å². The molecule has 1 N–H and O–H groups in total. The monoisotopic (exact) mass is 172 g/mol. The van der Waals surface area contributed by atoms with E-state index in [0.29, 0.717) is 5.92 Å². The number of rotatable bonds is 6. The van der Waals surface area contributed by atoms with Gasteiger partial charge in [-0.3, -0.25) is 0 Å². The minimum Gasteiger partial charge on any atom is -0.390 e. The van der Waals surface area contributed by atoms with Crippen LogP contribution in [0.1, 0.15) is 39.0 Å². The van der Waals surface area contributed by atoms with Gasteiger partial charge < -0.3 is 9.84 Å². The molecular weight excluding hydrogens is 152 g/mol. The molecule has 1 rings (SSSR count). The average molecular weight is 172 g/mol. The molecule has 0 radical (unpaired) electrons. The molecule has 1 saturated carbocycles. The molecule has 0 aromatic rings. The first-order chi connectivity index (χ1) is 5.73. The topological polar surface area (TPSA) is 29.5 Å². The molecule has 2 heteroatoms. The van der Waals surface area contributed by atoms with E-state index in [1.165, 1.54) is 12.8 Å². The summed E-state index contributed by atoms with van der Waals surface area (Å²) in [7, 11) is 1.71. The molecule has 1 fully saturated rings. The van der Waals surface area contributed by atoms with Crippen molar-refractivity contribution < 1.29 is 9.84 Å². The molecule has 0 aromatic carbocycles. The van der Waals surface area contributed by atoms with Crippen molar-refractivity contribution in [3.8, 4) is 0 Å². The third-order valence-corrected chi connectivity index (χ3v) is 2.79. The summed E-state index contributed by atoms with van der Waals surface area (Å²) >= 11 is 0. The molecule has 2 unspecified atom stereocenters. The Balaban J connectivity index is 2.08. The quantitative estimate of drug-likeness (QED) is 0.621. The number of ether oxygens (including phenoxy) is 1. The fourth-order valence-electron chi connectivity index (χ4n) is 1.92. The van der Waals surface area contributed by atoms with Crippen molar-refractivity contribution in [3.63, 3.8) is 0 Å². The first kappa shape index (κ1) is 10.0. The molecule has 2 nitrogen and oxygen atoms in total. The second-order valence-corrected chi connectivity index (χ2v) is 3.89. The van der Waals surface area contributed by atoms with Crippen LogP contribution in [0, 0.1) is 5.92 Å². The minimum absolute atomic E-state index is 0.311. The third-order valence-electron chi connectivity index (χ3n) is 2.79. The second-order valence-electron chi connectivity index (χ2n) is 3.89. The normalized spacial score (nSPS) is 33.8. The fourth-order valence-corrected chi connectivity index (χ4v) is 1.92. The highest BCUT2D eigenvalue weighted by Gasteiger charge is 2.50. The van der Waals surface area contributed by atoms with Gasteiger partial charge in [-0.05, 0) is 31.6 Å². The van der Waals surface area contributed by atoms with Crippen LogP contribution >= 0.6 is 0 Å². The zero-order valence-corrected chi connectivity index (χ0v) is 8.18. The molecule has 2 atom stereocenters. The highest BCUT2D eigenvalue weighted by atomic mass is 16.5. The maximum absolute atomic E-state index is 9.89. The Morgan fingerprint density at radius 3 is 2.92 bits per heavy atom. The van der Waals surface area contributed by atoms with E-state index in [0.717, 1.165) is 25.9 Å². The SMILES string of the molecule is CCCC1CC1(O)CCCOC. The molecule has 12 heavy (non-hydrogen) atoms. The summed E-state index contributed by atoms with van der Waals surface area (Å²) in [5.41, 5.74) is -0.311. The van der Waals surface area contributed by atoms with Crippen LogP contribution in [0.25, 0.3) is 0 Å². The summed E-state index contributed by atoms with van der Waals surface area (Å²) < 4.78 is 4.95. The van der Waals surface area contributed by atoms with E-state index >= 15 is 0 Å². The van der Waals surface area contributed by atoms with Crippen molar-refractivity contribution >= 4 is 0 Å². The lowest BCUT2D eigenvalue weighted by Gasteiger charge is -2.08. The lowest BCUT2D eigenvalue weighted by Crippen LogP contribution is -2.11. The lowest BCUT2D eigenvalue weighted by atomic mass is 10.1. The Kier molecular flexibility index (Phi) is 3.53. The van der Waals surface area contributed by atoms with Crippen LogP contribution in [0.15, 0.2) is 0 Å². The van der Waals surface area contributed by atoms with Crippen LogP contribution in [-0.4, -0.2) is 24.4 Å². The summed E-state index contributed by atoms with van der Waals surface area (Å²) in [4.78, 5) is 0. The van der Waals surface area contributed by atoms with Gasteiger partial charge in [0.05, 0.1) is 5.60 Å². The summed E-state index contributed by atoms with van der Waals surface area (Å²) in [6, 6.07) is 0. The van der Waals surface area contributed by atoms with E-state index in [1.54, 1.807) is 7.11 Å². The Hall–Kier alpha value is -0.0800. The zero-order valence-electron chi connectivity index (χ0n) is 8.18. The van der Waals surface area contributed by atoms with Gasteiger partial charge in [-0.1, -0.05) is 13.3 Å². The molecule has 0 aromatic heterocycles. The molecule has 0 saturated heterocycles. The molecule has 0 aliphatic heterocycles. The van der Waals surface area contributed by atoms with Crippen molar-refractivity contribution in [1.29, 1.82) is 0 Å². The first-order valence-corrected chi connectivity index (χ1v) is 4.94. The summed E-state index contributed by atoms with van der Waals surface area (Å²) in [5.74, 6) is 0.583. The largest absolute Gasteiger partial charge is 0.390 e. The number of methoxy groups -OCH3 is 1. The van der Waals surface area contributed by atoms with Crippen molar-refractivity contribution in [2.24, 2.45) is 5.92 Å². The fraction of sp³-hybridized carbons (Fsp3) is 1.00. The molecule has 0 amide bonds. The molecule has 0 spiro atoms. The second kappa shape index (κ2) is 4.24. The van der Waals surface area contributed by atoms with E-state index in [1.807, 2.05) is 0 Å². The zero-order chi connectivity index (χ0) is 9.03. The van der Waals surface area contributed by atoms with Crippen LogP contribution in [0.2, 0.25) is 0 Å². The smallest absolute Gasteiger partial charge is 0.0681 e. The van der Waals surface area contributed by atoms with Gasteiger partial charge in [-0.2, -0.15) is 0 Å². The van der Waals surface area contributed by atoms with Crippen LogP contribution in [0.3, 0.4) is 0 Å². The third kappa shape index (κ3) is 2.46. The highest BCUT2D eigenvalue weighted by molar-refractivity contribution is 5.02. The van der Waals surface area contributed by atoms with E-state index in [-0.39, 0.29) is 5.60 Å². The van der Waals surface area contributed by atoms with Gasteiger partial charge in [0.25, 0.3) is 0 Å². The molecule has 0 heterocycles. The van der Waals surface area contributed by atoms with Gasteiger partial charge in [-0.25, -0.2) is 0 Å². The summed E-state index contributed by atoms with van der Waals surface area (Å²) in [6.45, 7) is 2.95. The molecule has 1 aliphatic rings. The lowest BCUT2D eigenvalue weighted by molar-refractivity contribution is 0.100. The van der Waals surface area contributed by atoms with Gasteiger partial charge in [0.15, 0.2) is 0 Å². The van der Waals surface area contributed by atoms with Crippen molar-refractivity contribution in [2.75, 3.05) is 13.7 Å². The Morgan fingerprint density at radius 1 is 1.58 bits per heavy atom. The van der Waals surface area contributed by atoms with E-state index < -0.39 is 0 Å². The van der Waals surface area contributed by atoms with E-state index in [2.05, 4.69) is 6.92 Å². The molecule has 1 aliphatic carbocycles. The maximum Gasteiger partial charge on any atom is 0.0681 e. The van der Waals surface area contributed by atoms with Gasteiger partial charge in [-0.15, -0.1) is 0 Å². The van der Waals surface area contributed by atoms with Gasteiger partial charge >= 0.3 is 0 Å². The van der Waals surface area contributed by atoms with Crippen LogP contribution in [-0.2, 0) is 4.74 Å². The molecular formula is C10H20O2. The van der Waals surface area contributed by atoms with Crippen molar-refractivity contribution in [3.05, 3.63) is 0 Å². The number of hydrogen-bond acceptors (Lipinski definition) is 2. The van der Waals surface area contributed by atoms with Crippen molar-refractivity contribution in [1.82, 2.24) is 0 Å². The van der Waals surface area contributed by atoms with E-state index in [9.17, 15) is 5.11 Å².